The monoisotopic (exact) mass is 488 g/mol. The summed E-state index contributed by atoms with van der Waals surface area (Å²) in [5.74, 6) is 0.820. The molecule has 0 aliphatic carbocycles. The maximum atomic E-state index is 10.5. The third kappa shape index (κ3) is 5.40. The molecule has 1 saturated heterocycles. The van der Waals surface area contributed by atoms with Crippen molar-refractivity contribution in [3.8, 4) is 5.75 Å². The van der Waals surface area contributed by atoms with Gasteiger partial charge in [0.05, 0.1) is 30.8 Å². The standard InChI is InChI=1S/C25H32N2O6S/c1-2-3-8-13-32-19-12-7-4-9-16(19)14-27-18-11-6-5-10-17(18)26-25(27)34-24-23(31)22(30)21(29)20(15-28)33-24/h4-7,9-12,20-24,28-31H,2-3,8,13-15H2,1H3. The second-order valence-electron chi connectivity index (χ2n) is 8.45. The number of benzene rings is 2. The minimum absolute atomic E-state index is 0.471. The van der Waals surface area contributed by atoms with E-state index < -0.39 is 36.5 Å². The Bertz CT molecular complexity index is 1070. The molecule has 9 heteroatoms. The van der Waals surface area contributed by atoms with E-state index >= 15 is 0 Å². The Morgan fingerprint density at radius 2 is 1.76 bits per heavy atom. The van der Waals surface area contributed by atoms with Crippen LogP contribution in [0.1, 0.15) is 31.7 Å². The van der Waals surface area contributed by atoms with E-state index in [0.29, 0.717) is 18.3 Å². The molecule has 1 aromatic heterocycles. The van der Waals surface area contributed by atoms with Gasteiger partial charge in [-0.25, -0.2) is 4.98 Å². The van der Waals surface area contributed by atoms with E-state index in [1.807, 2.05) is 53.1 Å². The highest BCUT2D eigenvalue weighted by molar-refractivity contribution is 7.99. The van der Waals surface area contributed by atoms with Gasteiger partial charge >= 0.3 is 0 Å². The highest BCUT2D eigenvalue weighted by atomic mass is 32.2. The van der Waals surface area contributed by atoms with E-state index in [9.17, 15) is 20.4 Å². The van der Waals surface area contributed by atoms with Crippen LogP contribution in [0.3, 0.4) is 0 Å². The Labute approximate surface area is 203 Å². The second kappa shape index (κ2) is 11.5. The molecule has 1 aliphatic rings. The number of aliphatic hydroxyl groups is 4. The van der Waals surface area contributed by atoms with E-state index in [4.69, 9.17) is 14.5 Å². The molecule has 1 fully saturated rings. The number of unbranched alkanes of at least 4 members (excludes halogenated alkanes) is 2. The highest BCUT2D eigenvalue weighted by Gasteiger charge is 2.44. The molecule has 0 spiro atoms. The summed E-state index contributed by atoms with van der Waals surface area (Å²) in [7, 11) is 0. The van der Waals surface area contributed by atoms with Crippen LogP contribution in [0.25, 0.3) is 11.0 Å². The summed E-state index contributed by atoms with van der Waals surface area (Å²) in [5.41, 5.74) is 1.79. The highest BCUT2D eigenvalue weighted by Crippen LogP contribution is 2.35. The van der Waals surface area contributed by atoms with Crippen LogP contribution in [0.5, 0.6) is 5.75 Å². The molecule has 5 unspecified atom stereocenters. The summed E-state index contributed by atoms with van der Waals surface area (Å²) in [4.78, 5) is 4.74. The number of thioether (sulfide) groups is 1. The maximum Gasteiger partial charge on any atom is 0.171 e. The average molecular weight is 489 g/mol. The second-order valence-corrected chi connectivity index (χ2v) is 9.51. The smallest absolute Gasteiger partial charge is 0.171 e. The van der Waals surface area contributed by atoms with E-state index in [1.165, 1.54) is 0 Å². The van der Waals surface area contributed by atoms with Gasteiger partial charge in [-0.1, -0.05) is 61.9 Å². The molecule has 0 saturated carbocycles. The Morgan fingerprint density at radius 3 is 2.56 bits per heavy atom. The first-order valence-electron chi connectivity index (χ1n) is 11.7. The first kappa shape index (κ1) is 25.0. The van der Waals surface area contributed by atoms with Crippen LogP contribution in [0, 0.1) is 0 Å². The summed E-state index contributed by atoms with van der Waals surface area (Å²) in [6.07, 6.45) is -1.89. The van der Waals surface area contributed by atoms with Crippen LogP contribution in [0.4, 0.5) is 0 Å². The summed E-state index contributed by atoms with van der Waals surface area (Å²) in [6.45, 7) is 2.83. The van der Waals surface area contributed by atoms with Crippen LogP contribution in [0.15, 0.2) is 53.7 Å². The Hall–Kier alpha value is -2.14. The number of fused-ring (bicyclic) bond motifs is 1. The molecule has 2 aromatic carbocycles. The molecule has 184 valence electrons. The minimum atomic E-state index is -1.43. The number of hydrogen-bond acceptors (Lipinski definition) is 8. The predicted octanol–water partition coefficient (Wildman–Crippen LogP) is 2.55. The number of nitrogens with zero attached hydrogens (tertiary/aromatic N) is 2. The maximum absolute atomic E-state index is 10.5. The molecule has 4 N–H and O–H groups in total. The zero-order chi connectivity index (χ0) is 24.1. The number of hydrogen-bond donors (Lipinski definition) is 4. The molecule has 0 radical (unpaired) electrons. The quantitative estimate of drug-likeness (QED) is 0.322. The number of rotatable bonds is 10. The fraction of sp³-hybridized carbons (Fsp3) is 0.480. The van der Waals surface area contributed by atoms with Gasteiger partial charge in [0.1, 0.15) is 35.6 Å². The zero-order valence-corrected chi connectivity index (χ0v) is 20.0. The summed E-state index contributed by atoms with van der Waals surface area (Å²) < 4.78 is 13.8. The van der Waals surface area contributed by atoms with Crippen molar-refractivity contribution in [2.45, 2.75) is 67.7 Å². The van der Waals surface area contributed by atoms with Crippen molar-refractivity contribution in [1.29, 1.82) is 0 Å². The third-order valence-corrected chi connectivity index (χ3v) is 7.14. The molecule has 4 rings (SSSR count). The lowest BCUT2D eigenvalue weighted by Crippen LogP contribution is -2.57. The van der Waals surface area contributed by atoms with E-state index in [1.54, 1.807) is 0 Å². The molecule has 5 atom stereocenters. The summed E-state index contributed by atoms with van der Waals surface area (Å²) in [6, 6.07) is 15.6. The molecule has 0 bridgehead atoms. The Kier molecular flexibility index (Phi) is 8.46. The molecular formula is C25H32N2O6S. The normalized spacial score (nSPS) is 25.0. The Balaban J connectivity index is 1.62. The van der Waals surface area contributed by atoms with E-state index in [0.717, 1.165) is 53.4 Å². The number of aliphatic hydroxyl groups excluding tert-OH is 4. The van der Waals surface area contributed by atoms with Gasteiger partial charge in [0.25, 0.3) is 0 Å². The third-order valence-electron chi connectivity index (χ3n) is 6.00. The van der Waals surface area contributed by atoms with Crippen molar-refractivity contribution in [2.75, 3.05) is 13.2 Å². The molecule has 1 aliphatic heterocycles. The van der Waals surface area contributed by atoms with Crippen molar-refractivity contribution in [3.05, 3.63) is 54.1 Å². The van der Waals surface area contributed by atoms with Crippen molar-refractivity contribution in [1.82, 2.24) is 9.55 Å². The molecule has 3 aromatic rings. The van der Waals surface area contributed by atoms with Crippen LogP contribution < -0.4 is 4.74 Å². The number of imidazole rings is 1. The van der Waals surface area contributed by atoms with Crippen LogP contribution >= 0.6 is 11.8 Å². The first-order chi connectivity index (χ1) is 16.5. The van der Waals surface area contributed by atoms with Crippen LogP contribution in [-0.2, 0) is 11.3 Å². The van der Waals surface area contributed by atoms with Gasteiger partial charge in [-0.2, -0.15) is 0 Å². The lowest BCUT2D eigenvalue weighted by molar-refractivity contribution is -0.205. The summed E-state index contributed by atoms with van der Waals surface area (Å²) in [5, 5.41) is 40.9. The lowest BCUT2D eigenvalue weighted by Gasteiger charge is -2.39. The summed E-state index contributed by atoms with van der Waals surface area (Å²) >= 11 is 1.16. The molecule has 8 nitrogen and oxygen atoms in total. The van der Waals surface area contributed by atoms with Gasteiger partial charge in [0.15, 0.2) is 5.16 Å². The van der Waals surface area contributed by atoms with Gasteiger partial charge in [-0.05, 0) is 24.6 Å². The minimum Gasteiger partial charge on any atom is -0.493 e. The van der Waals surface area contributed by atoms with Crippen molar-refractivity contribution >= 4 is 22.8 Å². The topological polar surface area (TPSA) is 117 Å². The van der Waals surface area contributed by atoms with Crippen molar-refractivity contribution < 1.29 is 29.9 Å². The number of aromatic nitrogens is 2. The molecule has 2 heterocycles. The molecular weight excluding hydrogens is 456 g/mol. The first-order valence-corrected chi connectivity index (χ1v) is 12.5. The lowest BCUT2D eigenvalue weighted by atomic mass is 10.0. The zero-order valence-electron chi connectivity index (χ0n) is 19.2. The van der Waals surface area contributed by atoms with Crippen LogP contribution in [0.2, 0.25) is 0 Å². The van der Waals surface area contributed by atoms with Crippen LogP contribution in [-0.4, -0.2) is 73.0 Å². The SMILES string of the molecule is CCCCCOc1ccccc1Cn1c(SC2OC(CO)C(O)C(O)C2O)nc2ccccc21. The Morgan fingerprint density at radius 1 is 1.00 bits per heavy atom. The van der Waals surface area contributed by atoms with Gasteiger partial charge in [0, 0.05) is 5.56 Å². The van der Waals surface area contributed by atoms with Gasteiger partial charge in [0.2, 0.25) is 0 Å². The van der Waals surface area contributed by atoms with Crippen molar-refractivity contribution in [2.24, 2.45) is 0 Å². The van der Waals surface area contributed by atoms with Gasteiger partial charge < -0.3 is 34.5 Å². The van der Waals surface area contributed by atoms with Gasteiger partial charge in [-0.3, -0.25) is 0 Å². The van der Waals surface area contributed by atoms with E-state index in [-0.39, 0.29) is 0 Å². The predicted molar refractivity (Wildman–Crippen MR) is 130 cm³/mol. The number of ether oxygens (including phenoxy) is 2. The van der Waals surface area contributed by atoms with E-state index in [2.05, 4.69) is 6.92 Å². The number of para-hydroxylation sites is 3. The largest absolute Gasteiger partial charge is 0.493 e. The molecule has 34 heavy (non-hydrogen) atoms. The fourth-order valence-corrected chi connectivity index (χ4v) is 5.19. The average Bonchev–Trinajstić information content (AvgIpc) is 3.20. The van der Waals surface area contributed by atoms with Gasteiger partial charge in [-0.15, -0.1) is 0 Å². The fourth-order valence-electron chi connectivity index (χ4n) is 4.04. The van der Waals surface area contributed by atoms with Crippen molar-refractivity contribution in [3.63, 3.8) is 0 Å². The molecule has 0 amide bonds.